The second kappa shape index (κ2) is 9.28. The summed E-state index contributed by atoms with van der Waals surface area (Å²) in [5, 5.41) is 0. The molecule has 0 unspecified atom stereocenters. The van der Waals surface area contributed by atoms with E-state index in [2.05, 4.69) is 13.8 Å². The first-order valence-electron chi connectivity index (χ1n) is 9.37. The monoisotopic (exact) mass is 288 g/mol. The molecule has 0 saturated heterocycles. The summed E-state index contributed by atoms with van der Waals surface area (Å²) in [6.45, 7) is 12.6. The highest BCUT2D eigenvalue weighted by Gasteiger charge is 2.28. The molecule has 3 aliphatic rings. The molecule has 0 aromatic carbocycles. The van der Waals surface area contributed by atoms with Gasteiger partial charge in [0.15, 0.2) is 0 Å². The van der Waals surface area contributed by atoms with Gasteiger partial charge in [0.2, 0.25) is 0 Å². The van der Waals surface area contributed by atoms with E-state index < -0.39 is 0 Å². The molecule has 0 N–H and O–H groups in total. The van der Waals surface area contributed by atoms with E-state index in [1.165, 1.54) is 57.8 Å². The van der Waals surface area contributed by atoms with Crippen LogP contribution >= 0.6 is 0 Å². The quantitative estimate of drug-likeness (QED) is 0.432. The fourth-order valence-corrected chi connectivity index (χ4v) is 3.97. The Bertz CT molecular complexity index is 391. The van der Waals surface area contributed by atoms with Crippen LogP contribution in [0, 0.1) is 0 Å². The maximum Gasteiger partial charge on any atom is -0.00964 e. The van der Waals surface area contributed by atoms with Gasteiger partial charge in [-0.2, -0.15) is 0 Å². The van der Waals surface area contributed by atoms with Crippen LogP contribution < -0.4 is 0 Å². The summed E-state index contributed by atoms with van der Waals surface area (Å²) in [7, 11) is 0. The van der Waals surface area contributed by atoms with Crippen molar-refractivity contribution in [2.45, 2.75) is 99.3 Å². The van der Waals surface area contributed by atoms with Crippen LogP contribution in [-0.2, 0) is 0 Å². The molecule has 0 saturated carbocycles. The predicted octanol–water partition coefficient (Wildman–Crippen LogP) is 7.52. The largest absolute Gasteiger partial charge is 0.0686 e. The molecular weight excluding hydrogens is 252 g/mol. The Morgan fingerprint density at radius 3 is 1.38 bits per heavy atom. The molecule has 120 valence electrons. The van der Waals surface area contributed by atoms with Crippen LogP contribution in [0.4, 0.5) is 0 Å². The van der Waals surface area contributed by atoms with Crippen LogP contribution in [0.25, 0.3) is 0 Å². The van der Waals surface area contributed by atoms with Gasteiger partial charge in [0.1, 0.15) is 0 Å². The van der Waals surface area contributed by atoms with Crippen LogP contribution in [0.5, 0.6) is 0 Å². The Labute approximate surface area is 133 Å². The summed E-state index contributed by atoms with van der Waals surface area (Å²) in [6, 6.07) is 0. The topological polar surface area (TPSA) is 0 Å². The minimum Gasteiger partial charge on any atom is -0.0686 e. The lowest BCUT2D eigenvalue weighted by atomic mass is 9.71. The fourth-order valence-electron chi connectivity index (χ4n) is 3.97. The maximum atomic E-state index is 2.32. The molecule has 0 aromatic heterocycles. The lowest BCUT2D eigenvalue weighted by Gasteiger charge is -2.34. The van der Waals surface area contributed by atoms with Gasteiger partial charge in [-0.05, 0) is 88.4 Å². The zero-order valence-electron chi connectivity index (χ0n) is 15.4. The minimum absolute atomic E-state index is 1.33. The highest BCUT2D eigenvalue weighted by Crippen LogP contribution is 2.47. The van der Waals surface area contributed by atoms with Crippen molar-refractivity contribution < 1.29 is 0 Å². The molecule has 0 bridgehead atoms. The molecule has 0 nitrogen and oxygen atoms in total. The summed E-state index contributed by atoms with van der Waals surface area (Å²) < 4.78 is 0. The Hall–Kier alpha value is -0.780. The van der Waals surface area contributed by atoms with Gasteiger partial charge in [0.25, 0.3) is 0 Å². The van der Waals surface area contributed by atoms with Crippen LogP contribution in [0.2, 0.25) is 0 Å². The van der Waals surface area contributed by atoms with Gasteiger partial charge in [0, 0.05) is 0 Å². The van der Waals surface area contributed by atoms with Gasteiger partial charge in [-0.25, -0.2) is 0 Å². The average Bonchev–Trinajstić information content (AvgIpc) is 2.56. The molecular formula is C21H36. The van der Waals surface area contributed by atoms with E-state index >= 15 is 0 Å². The first-order chi connectivity index (χ1) is 10.3. The van der Waals surface area contributed by atoms with Crippen molar-refractivity contribution in [1.82, 2.24) is 0 Å². The van der Waals surface area contributed by atoms with Crippen LogP contribution in [0.15, 0.2) is 33.4 Å². The van der Waals surface area contributed by atoms with Crippen LogP contribution in [-0.4, -0.2) is 0 Å². The van der Waals surface area contributed by atoms with Gasteiger partial charge in [-0.1, -0.05) is 44.4 Å². The minimum atomic E-state index is 1.33. The Balaban J connectivity index is 0.000000510. The lowest BCUT2D eigenvalue weighted by Crippen LogP contribution is -2.15. The van der Waals surface area contributed by atoms with Crippen molar-refractivity contribution >= 4 is 0 Å². The highest BCUT2D eigenvalue weighted by atomic mass is 14.3. The summed E-state index contributed by atoms with van der Waals surface area (Å²) in [5.74, 6) is 0. The van der Waals surface area contributed by atoms with Gasteiger partial charge < -0.3 is 0 Å². The van der Waals surface area contributed by atoms with Gasteiger partial charge >= 0.3 is 0 Å². The standard InChI is InChI=1S/C17H24.2C2H6/c1-12(2)17-15-9-5-3-7-13(15)11-14-8-4-6-10-16(14)17;2*1-2/h3-11H2,1-2H3;2*1-2H3. The Kier molecular flexibility index (Phi) is 8.07. The molecule has 21 heavy (non-hydrogen) atoms. The number of hydrogen-bond donors (Lipinski definition) is 0. The Morgan fingerprint density at radius 2 is 1.00 bits per heavy atom. The van der Waals surface area contributed by atoms with E-state index in [1.807, 2.05) is 27.7 Å². The number of hydrogen-bond acceptors (Lipinski definition) is 0. The third-order valence-electron chi connectivity index (χ3n) is 4.69. The van der Waals surface area contributed by atoms with Crippen molar-refractivity contribution in [3.8, 4) is 0 Å². The van der Waals surface area contributed by atoms with Crippen LogP contribution in [0.1, 0.15) is 99.3 Å². The molecule has 3 rings (SSSR count). The number of rotatable bonds is 0. The maximum absolute atomic E-state index is 2.32. The van der Waals surface area contributed by atoms with Crippen molar-refractivity contribution in [2.75, 3.05) is 0 Å². The molecule has 3 aliphatic carbocycles. The molecule has 0 aromatic rings. The third-order valence-corrected chi connectivity index (χ3v) is 4.69. The lowest BCUT2D eigenvalue weighted by molar-refractivity contribution is 0.608. The van der Waals surface area contributed by atoms with Gasteiger partial charge in [-0.15, -0.1) is 0 Å². The normalized spacial score (nSPS) is 20.6. The van der Waals surface area contributed by atoms with E-state index in [0.29, 0.717) is 0 Å². The highest BCUT2D eigenvalue weighted by molar-refractivity contribution is 5.58. The molecule has 0 aliphatic heterocycles. The van der Waals surface area contributed by atoms with Crippen molar-refractivity contribution in [2.24, 2.45) is 0 Å². The van der Waals surface area contributed by atoms with E-state index in [9.17, 15) is 0 Å². The third kappa shape index (κ3) is 4.11. The van der Waals surface area contributed by atoms with Crippen molar-refractivity contribution in [3.63, 3.8) is 0 Å². The van der Waals surface area contributed by atoms with E-state index in [4.69, 9.17) is 0 Å². The predicted molar refractivity (Wildman–Crippen MR) is 96.7 cm³/mol. The summed E-state index contributed by atoms with van der Waals surface area (Å²) in [6.07, 6.45) is 12.5. The molecule has 0 atom stereocenters. The fraction of sp³-hybridized carbons (Fsp3) is 0.714. The first-order valence-corrected chi connectivity index (χ1v) is 9.37. The molecule has 0 radical (unpaired) electrons. The smallest absolute Gasteiger partial charge is 0.00964 e. The Morgan fingerprint density at radius 1 is 0.619 bits per heavy atom. The van der Waals surface area contributed by atoms with Crippen molar-refractivity contribution in [1.29, 1.82) is 0 Å². The average molecular weight is 289 g/mol. The summed E-state index contributed by atoms with van der Waals surface area (Å²) in [4.78, 5) is 0. The first kappa shape index (κ1) is 18.3. The van der Waals surface area contributed by atoms with Crippen LogP contribution in [0.3, 0.4) is 0 Å². The summed E-state index contributed by atoms with van der Waals surface area (Å²) >= 11 is 0. The van der Waals surface area contributed by atoms with Gasteiger partial charge in [0.05, 0.1) is 0 Å². The van der Waals surface area contributed by atoms with Gasteiger partial charge in [-0.3, -0.25) is 0 Å². The van der Waals surface area contributed by atoms with E-state index in [1.54, 1.807) is 33.4 Å². The van der Waals surface area contributed by atoms with E-state index in [-0.39, 0.29) is 0 Å². The molecule has 0 spiro atoms. The second-order valence-electron chi connectivity index (χ2n) is 6.13. The van der Waals surface area contributed by atoms with E-state index in [0.717, 1.165) is 0 Å². The molecule has 0 heteroatoms. The zero-order valence-corrected chi connectivity index (χ0v) is 15.4. The van der Waals surface area contributed by atoms with Crippen molar-refractivity contribution in [3.05, 3.63) is 33.4 Å². The summed E-state index contributed by atoms with van der Waals surface area (Å²) in [5.41, 5.74) is 10.4. The number of allylic oxidation sites excluding steroid dienone is 6. The molecule has 0 heterocycles. The molecule has 0 amide bonds. The molecule has 0 fully saturated rings. The SMILES string of the molecule is CC.CC.CC(C)=C1C2=C(CCCC2)CC2=C1CCCC2. The second-order valence-corrected chi connectivity index (χ2v) is 6.13. The zero-order chi connectivity index (χ0) is 15.8.